The number of nitrogens with one attached hydrogen (secondary N) is 1. The molecule has 26 heavy (non-hydrogen) atoms. The summed E-state index contributed by atoms with van der Waals surface area (Å²) in [6, 6.07) is 15.0. The lowest BCUT2D eigenvalue weighted by Gasteiger charge is -2.18. The molecule has 1 N–H and O–H groups in total. The molecule has 0 heterocycles. The molecular formula is C21H28N2O3. The van der Waals surface area contributed by atoms with Crippen LogP contribution in [0.2, 0.25) is 0 Å². The number of benzene rings is 2. The van der Waals surface area contributed by atoms with Crippen molar-refractivity contribution in [1.29, 1.82) is 0 Å². The molecule has 5 nitrogen and oxygen atoms in total. The number of amides is 1. The van der Waals surface area contributed by atoms with Gasteiger partial charge in [0.2, 0.25) is 5.91 Å². The molecule has 2 rings (SSSR count). The van der Waals surface area contributed by atoms with Crippen LogP contribution in [-0.2, 0) is 11.2 Å². The van der Waals surface area contributed by atoms with Gasteiger partial charge in [-0.1, -0.05) is 26.0 Å². The monoisotopic (exact) mass is 356 g/mol. The SMILES string of the molecule is CCN(CC)CCOc1ccc(NC(=O)Cc2cccc(OC)c2)cc1. The smallest absolute Gasteiger partial charge is 0.228 e. The second-order valence-corrected chi connectivity index (χ2v) is 5.98. The number of hydrogen-bond acceptors (Lipinski definition) is 4. The zero-order chi connectivity index (χ0) is 18.8. The highest BCUT2D eigenvalue weighted by Gasteiger charge is 2.06. The first-order valence-electron chi connectivity index (χ1n) is 9.02. The number of nitrogens with zero attached hydrogens (tertiary/aromatic N) is 1. The topological polar surface area (TPSA) is 50.8 Å². The van der Waals surface area contributed by atoms with Crippen LogP contribution in [-0.4, -0.2) is 44.2 Å². The molecule has 2 aromatic rings. The lowest BCUT2D eigenvalue weighted by molar-refractivity contribution is -0.115. The standard InChI is InChI=1S/C21H28N2O3/c1-4-23(5-2)13-14-26-19-11-9-18(10-12-19)22-21(24)16-17-7-6-8-20(15-17)25-3/h6-12,15H,4-5,13-14,16H2,1-3H3,(H,22,24). The maximum absolute atomic E-state index is 12.2. The number of rotatable bonds is 10. The van der Waals surface area contributed by atoms with E-state index < -0.39 is 0 Å². The van der Waals surface area contributed by atoms with Gasteiger partial charge in [0.05, 0.1) is 13.5 Å². The molecule has 0 spiro atoms. The Hall–Kier alpha value is -2.53. The normalized spacial score (nSPS) is 10.6. The molecule has 140 valence electrons. The summed E-state index contributed by atoms with van der Waals surface area (Å²) in [6.07, 6.45) is 0.305. The van der Waals surface area contributed by atoms with E-state index in [4.69, 9.17) is 9.47 Å². The third-order valence-electron chi connectivity index (χ3n) is 4.21. The third-order valence-corrected chi connectivity index (χ3v) is 4.21. The minimum absolute atomic E-state index is 0.0616. The molecule has 0 aliphatic carbocycles. The van der Waals surface area contributed by atoms with Gasteiger partial charge in [0.1, 0.15) is 18.1 Å². The highest BCUT2D eigenvalue weighted by Crippen LogP contribution is 2.17. The molecule has 0 radical (unpaired) electrons. The Morgan fingerprint density at radius 2 is 1.77 bits per heavy atom. The van der Waals surface area contributed by atoms with Crippen LogP contribution in [0.3, 0.4) is 0 Å². The quantitative estimate of drug-likeness (QED) is 0.707. The van der Waals surface area contributed by atoms with Crippen molar-refractivity contribution in [3.63, 3.8) is 0 Å². The van der Waals surface area contributed by atoms with E-state index in [-0.39, 0.29) is 5.91 Å². The highest BCUT2D eigenvalue weighted by molar-refractivity contribution is 5.92. The highest BCUT2D eigenvalue weighted by atomic mass is 16.5. The van der Waals surface area contributed by atoms with Gasteiger partial charge in [-0.3, -0.25) is 4.79 Å². The molecule has 0 bridgehead atoms. The van der Waals surface area contributed by atoms with Gasteiger partial charge in [0.15, 0.2) is 0 Å². The van der Waals surface area contributed by atoms with E-state index in [9.17, 15) is 4.79 Å². The number of carbonyl (C=O) groups excluding carboxylic acids is 1. The fraction of sp³-hybridized carbons (Fsp3) is 0.381. The Bertz CT molecular complexity index is 682. The van der Waals surface area contributed by atoms with Crippen molar-refractivity contribution < 1.29 is 14.3 Å². The molecule has 0 atom stereocenters. The van der Waals surface area contributed by atoms with Crippen LogP contribution in [0.4, 0.5) is 5.69 Å². The molecule has 0 saturated heterocycles. The van der Waals surface area contributed by atoms with Crippen LogP contribution < -0.4 is 14.8 Å². The van der Waals surface area contributed by atoms with Gasteiger partial charge >= 0.3 is 0 Å². The first kappa shape index (κ1) is 19.8. The minimum atomic E-state index is -0.0616. The summed E-state index contributed by atoms with van der Waals surface area (Å²) in [5, 5.41) is 2.90. The third kappa shape index (κ3) is 6.41. The van der Waals surface area contributed by atoms with Gasteiger partial charge in [-0.15, -0.1) is 0 Å². The summed E-state index contributed by atoms with van der Waals surface area (Å²) in [6.45, 7) is 7.91. The van der Waals surface area contributed by atoms with Gasteiger partial charge in [-0.25, -0.2) is 0 Å². The Labute approximate surface area is 155 Å². The molecule has 0 aromatic heterocycles. The number of hydrogen-bond donors (Lipinski definition) is 1. The van der Waals surface area contributed by atoms with Crippen molar-refractivity contribution in [3.8, 4) is 11.5 Å². The fourth-order valence-electron chi connectivity index (χ4n) is 2.64. The fourth-order valence-corrected chi connectivity index (χ4v) is 2.64. The van der Waals surface area contributed by atoms with Crippen molar-refractivity contribution in [3.05, 3.63) is 54.1 Å². The average molecular weight is 356 g/mol. The second-order valence-electron chi connectivity index (χ2n) is 5.98. The average Bonchev–Trinajstić information content (AvgIpc) is 2.66. The number of carbonyl (C=O) groups is 1. The van der Waals surface area contributed by atoms with Crippen molar-refractivity contribution in [2.24, 2.45) is 0 Å². The van der Waals surface area contributed by atoms with Gasteiger partial charge in [0, 0.05) is 12.2 Å². The van der Waals surface area contributed by atoms with E-state index in [0.717, 1.165) is 42.4 Å². The predicted molar refractivity (Wildman–Crippen MR) is 105 cm³/mol. The number of ether oxygens (including phenoxy) is 2. The molecule has 5 heteroatoms. The summed E-state index contributed by atoms with van der Waals surface area (Å²) in [4.78, 5) is 14.5. The van der Waals surface area contributed by atoms with Crippen LogP contribution >= 0.6 is 0 Å². The molecule has 0 aliphatic heterocycles. The summed E-state index contributed by atoms with van der Waals surface area (Å²) in [7, 11) is 1.62. The first-order valence-corrected chi connectivity index (χ1v) is 9.02. The van der Waals surface area contributed by atoms with E-state index in [2.05, 4.69) is 24.1 Å². The van der Waals surface area contributed by atoms with E-state index in [1.807, 2.05) is 48.5 Å². The first-order chi connectivity index (χ1) is 12.6. The van der Waals surface area contributed by atoms with Gasteiger partial charge in [-0.2, -0.15) is 0 Å². The predicted octanol–water partition coefficient (Wildman–Crippen LogP) is 3.60. The molecule has 0 unspecified atom stereocenters. The van der Waals surface area contributed by atoms with Crippen molar-refractivity contribution in [2.45, 2.75) is 20.3 Å². The van der Waals surface area contributed by atoms with E-state index in [1.165, 1.54) is 0 Å². The lowest BCUT2D eigenvalue weighted by atomic mass is 10.1. The Kier molecular flexibility index (Phi) is 7.96. The summed E-state index contributed by atoms with van der Waals surface area (Å²) < 4.78 is 10.9. The zero-order valence-electron chi connectivity index (χ0n) is 15.8. The van der Waals surface area contributed by atoms with E-state index in [1.54, 1.807) is 7.11 Å². The number of methoxy groups -OCH3 is 1. The van der Waals surface area contributed by atoms with E-state index in [0.29, 0.717) is 13.0 Å². The van der Waals surface area contributed by atoms with Crippen molar-refractivity contribution >= 4 is 11.6 Å². The van der Waals surface area contributed by atoms with Crippen LogP contribution in [0.15, 0.2) is 48.5 Å². The maximum atomic E-state index is 12.2. The largest absolute Gasteiger partial charge is 0.497 e. The van der Waals surface area contributed by atoms with Crippen LogP contribution in [0.1, 0.15) is 19.4 Å². The Morgan fingerprint density at radius 3 is 2.42 bits per heavy atom. The molecule has 1 amide bonds. The number of anilines is 1. The molecular weight excluding hydrogens is 328 g/mol. The number of likely N-dealkylation sites (N-methyl/N-ethyl adjacent to an activating group) is 1. The van der Waals surface area contributed by atoms with Crippen molar-refractivity contribution in [2.75, 3.05) is 38.7 Å². The van der Waals surface area contributed by atoms with Crippen LogP contribution in [0, 0.1) is 0 Å². The summed E-state index contributed by atoms with van der Waals surface area (Å²) >= 11 is 0. The van der Waals surface area contributed by atoms with Crippen LogP contribution in [0.5, 0.6) is 11.5 Å². The van der Waals surface area contributed by atoms with Gasteiger partial charge < -0.3 is 19.7 Å². The Morgan fingerprint density at radius 1 is 1.04 bits per heavy atom. The maximum Gasteiger partial charge on any atom is 0.228 e. The van der Waals surface area contributed by atoms with Gasteiger partial charge in [0.25, 0.3) is 0 Å². The zero-order valence-corrected chi connectivity index (χ0v) is 15.8. The molecule has 0 saturated carbocycles. The van der Waals surface area contributed by atoms with Crippen molar-refractivity contribution in [1.82, 2.24) is 4.90 Å². The molecule has 0 fully saturated rings. The van der Waals surface area contributed by atoms with Crippen LogP contribution in [0.25, 0.3) is 0 Å². The molecule has 2 aromatic carbocycles. The molecule has 0 aliphatic rings. The summed E-state index contributed by atoms with van der Waals surface area (Å²) in [5.41, 5.74) is 1.67. The summed E-state index contributed by atoms with van der Waals surface area (Å²) in [5.74, 6) is 1.50. The Balaban J connectivity index is 1.81. The lowest BCUT2D eigenvalue weighted by Crippen LogP contribution is -2.27. The minimum Gasteiger partial charge on any atom is -0.497 e. The second kappa shape index (κ2) is 10.5. The van der Waals surface area contributed by atoms with Gasteiger partial charge in [-0.05, 0) is 55.1 Å². The van der Waals surface area contributed by atoms with E-state index >= 15 is 0 Å².